The fourth-order valence-electron chi connectivity index (χ4n) is 3.27. The molecule has 0 saturated heterocycles. The molecule has 2 aromatic rings. The smallest absolute Gasteiger partial charge is 0.193 e. The van der Waals surface area contributed by atoms with Crippen LogP contribution in [0.2, 0.25) is 0 Å². The second-order valence-electron chi connectivity index (χ2n) is 6.67. The van der Waals surface area contributed by atoms with Crippen LogP contribution in [-0.4, -0.2) is 38.2 Å². The molecular weight excluding hydrogens is 354 g/mol. The SMILES string of the molecule is COc1cc(OC)c(C2=CCNCC2)c(O)c1C(=O)C=Cc1ccc(C)cc1. The van der Waals surface area contributed by atoms with Crippen molar-refractivity contribution in [2.24, 2.45) is 0 Å². The van der Waals surface area contributed by atoms with E-state index in [-0.39, 0.29) is 22.8 Å². The zero-order chi connectivity index (χ0) is 20.1. The first-order valence-electron chi connectivity index (χ1n) is 9.22. The zero-order valence-corrected chi connectivity index (χ0v) is 16.4. The number of rotatable bonds is 6. The summed E-state index contributed by atoms with van der Waals surface area (Å²) in [6.07, 6.45) is 5.93. The first-order chi connectivity index (χ1) is 13.5. The van der Waals surface area contributed by atoms with E-state index in [1.807, 2.05) is 37.3 Å². The molecular formula is C23H25NO4. The van der Waals surface area contributed by atoms with Gasteiger partial charge in [-0.1, -0.05) is 42.0 Å². The number of aromatic hydroxyl groups is 1. The lowest BCUT2D eigenvalue weighted by molar-refractivity contribution is 0.104. The largest absolute Gasteiger partial charge is 0.506 e. The van der Waals surface area contributed by atoms with Crippen molar-refractivity contribution < 1.29 is 19.4 Å². The van der Waals surface area contributed by atoms with Crippen LogP contribution in [0.1, 0.15) is 33.5 Å². The molecule has 0 atom stereocenters. The topological polar surface area (TPSA) is 67.8 Å². The van der Waals surface area contributed by atoms with Crippen molar-refractivity contribution in [2.75, 3.05) is 27.3 Å². The molecule has 28 heavy (non-hydrogen) atoms. The van der Waals surface area contributed by atoms with Gasteiger partial charge >= 0.3 is 0 Å². The summed E-state index contributed by atoms with van der Waals surface area (Å²) in [6.45, 7) is 3.52. The van der Waals surface area contributed by atoms with Crippen LogP contribution in [0.15, 0.2) is 42.5 Å². The molecule has 3 rings (SSSR count). The highest BCUT2D eigenvalue weighted by molar-refractivity contribution is 6.11. The fourth-order valence-corrected chi connectivity index (χ4v) is 3.27. The highest BCUT2D eigenvalue weighted by atomic mass is 16.5. The minimum atomic E-state index is -0.326. The number of aryl methyl sites for hydroxylation is 1. The van der Waals surface area contributed by atoms with E-state index < -0.39 is 0 Å². The number of phenols is 1. The van der Waals surface area contributed by atoms with Gasteiger partial charge in [0.05, 0.1) is 19.8 Å². The Kier molecular flexibility index (Phi) is 6.16. The average molecular weight is 379 g/mol. The lowest BCUT2D eigenvalue weighted by atomic mass is 9.93. The zero-order valence-electron chi connectivity index (χ0n) is 16.4. The summed E-state index contributed by atoms with van der Waals surface area (Å²) in [6, 6.07) is 9.50. The number of benzene rings is 2. The van der Waals surface area contributed by atoms with Crippen molar-refractivity contribution in [3.8, 4) is 17.2 Å². The van der Waals surface area contributed by atoms with Gasteiger partial charge in [0.2, 0.25) is 0 Å². The van der Waals surface area contributed by atoms with Crippen LogP contribution >= 0.6 is 0 Å². The lowest BCUT2D eigenvalue weighted by Gasteiger charge is -2.20. The van der Waals surface area contributed by atoms with Crippen LogP contribution in [0.25, 0.3) is 11.6 Å². The number of allylic oxidation sites excluding steroid dienone is 1. The van der Waals surface area contributed by atoms with E-state index in [1.165, 1.54) is 20.3 Å². The first kappa shape index (κ1) is 19.7. The summed E-state index contributed by atoms with van der Waals surface area (Å²) >= 11 is 0. The van der Waals surface area contributed by atoms with Crippen LogP contribution in [0.5, 0.6) is 17.2 Å². The molecule has 146 valence electrons. The second-order valence-corrected chi connectivity index (χ2v) is 6.67. The van der Waals surface area contributed by atoms with Gasteiger partial charge in [-0.15, -0.1) is 0 Å². The molecule has 1 aliphatic heterocycles. The summed E-state index contributed by atoms with van der Waals surface area (Å²) in [5, 5.41) is 14.2. The Morgan fingerprint density at radius 2 is 1.86 bits per heavy atom. The van der Waals surface area contributed by atoms with Gasteiger partial charge in [-0.3, -0.25) is 4.79 Å². The number of carbonyl (C=O) groups is 1. The number of methoxy groups -OCH3 is 2. The van der Waals surface area contributed by atoms with Gasteiger partial charge in [0.1, 0.15) is 22.8 Å². The Morgan fingerprint density at radius 3 is 2.46 bits per heavy atom. The molecule has 5 nitrogen and oxygen atoms in total. The second kappa shape index (κ2) is 8.76. The Morgan fingerprint density at radius 1 is 1.14 bits per heavy atom. The lowest BCUT2D eigenvalue weighted by Crippen LogP contribution is -2.20. The summed E-state index contributed by atoms with van der Waals surface area (Å²) < 4.78 is 10.8. The number of nitrogens with one attached hydrogen (secondary N) is 1. The highest BCUT2D eigenvalue weighted by Gasteiger charge is 2.25. The van der Waals surface area contributed by atoms with Crippen LogP contribution in [0.4, 0.5) is 0 Å². The van der Waals surface area contributed by atoms with Crippen LogP contribution in [0.3, 0.4) is 0 Å². The van der Waals surface area contributed by atoms with E-state index >= 15 is 0 Å². The quantitative estimate of drug-likeness (QED) is 0.587. The van der Waals surface area contributed by atoms with Gasteiger partial charge in [0.25, 0.3) is 0 Å². The maximum Gasteiger partial charge on any atom is 0.193 e. The number of ketones is 1. The molecule has 2 N–H and O–H groups in total. The molecule has 0 spiro atoms. The summed E-state index contributed by atoms with van der Waals surface area (Å²) in [5.41, 5.74) is 3.70. The maximum absolute atomic E-state index is 12.9. The Bertz CT molecular complexity index is 927. The third kappa shape index (κ3) is 4.10. The van der Waals surface area contributed by atoms with Crippen molar-refractivity contribution >= 4 is 17.4 Å². The summed E-state index contributed by atoms with van der Waals surface area (Å²) in [7, 11) is 3.01. The van der Waals surface area contributed by atoms with Crippen molar-refractivity contribution in [2.45, 2.75) is 13.3 Å². The van der Waals surface area contributed by atoms with E-state index in [4.69, 9.17) is 9.47 Å². The van der Waals surface area contributed by atoms with Gasteiger partial charge in [-0.25, -0.2) is 0 Å². The van der Waals surface area contributed by atoms with Gasteiger partial charge in [-0.05, 0) is 37.1 Å². The number of hydrogen-bond donors (Lipinski definition) is 2. The van der Waals surface area contributed by atoms with Crippen molar-refractivity contribution in [1.82, 2.24) is 5.32 Å². The van der Waals surface area contributed by atoms with Gasteiger partial charge in [-0.2, -0.15) is 0 Å². The normalized spacial score (nSPS) is 14.0. The predicted octanol–water partition coefficient (Wildman–Crippen LogP) is 3.99. The summed E-state index contributed by atoms with van der Waals surface area (Å²) in [4.78, 5) is 12.9. The van der Waals surface area contributed by atoms with Crippen LogP contribution in [-0.2, 0) is 0 Å². The molecule has 1 aliphatic rings. The van der Waals surface area contributed by atoms with E-state index in [9.17, 15) is 9.90 Å². The van der Waals surface area contributed by atoms with Gasteiger partial charge in [0.15, 0.2) is 5.78 Å². The molecule has 2 aromatic carbocycles. The Hall–Kier alpha value is -3.05. The first-order valence-corrected chi connectivity index (χ1v) is 9.22. The van der Waals surface area contributed by atoms with Crippen molar-refractivity contribution in [3.63, 3.8) is 0 Å². The van der Waals surface area contributed by atoms with E-state index in [1.54, 1.807) is 12.1 Å². The standard InChI is InChI=1S/C23H25NO4/c1-15-4-6-16(7-5-15)8-9-18(25)22-20(28-3)14-19(27-2)21(23(22)26)17-10-12-24-13-11-17/h4-10,14,24,26H,11-13H2,1-3H3. The monoisotopic (exact) mass is 379 g/mol. The minimum absolute atomic E-state index is 0.108. The maximum atomic E-state index is 12.9. The Balaban J connectivity index is 2.04. The van der Waals surface area contributed by atoms with E-state index in [2.05, 4.69) is 5.32 Å². The van der Waals surface area contributed by atoms with Crippen LogP contribution in [0, 0.1) is 6.92 Å². The molecule has 0 aromatic heterocycles. The van der Waals surface area contributed by atoms with Crippen LogP contribution < -0.4 is 14.8 Å². The third-order valence-electron chi connectivity index (χ3n) is 4.80. The number of carbonyl (C=O) groups excluding carboxylic acids is 1. The van der Waals surface area contributed by atoms with Gasteiger partial charge < -0.3 is 19.9 Å². The molecule has 0 fully saturated rings. The van der Waals surface area contributed by atoms with E-state index in [0.29, 0.717) is 17.9 Å². The molecule has 0 radical (unpaired) electrons. The minimum Gasteiger partial charge on any atom is -0.506 e. The molecule has 5 heteroatoms. The third-order valence-corrected chi connectivity index (χ3v) is 4.80. The molecule has 0 saturated carbocycles. The molecule has 0 bridgehead atoms. The predicted molar refractivity (Wildman–Crippen MR) is 111 cm³/mol. The van der Waals surface area contributed by atoms with Gasteiger partial charge in [0, 0.05) is 12.6 Å². The molecule has 0 unspecified atom stereocenters. The molecule has 0 aliphatic carbocycles. The Labute approximate surface area is 165 Å². The molecule has 1 heterocycles. The average Bonchev–Trinajstić information content (AvgIpc) is 2.72. The fraction of sp³-hybridized carbons (Fsp3) is 0.261. The number of phenolic OH excluding ortho intramolecular Hbond substituents is 1. The van der Waals surface area contributed by atoms with Crippen molar-refractivity contribution in [1.29, 1.82) is 0 Å². The summed E-state index contributed by atoms with van der Waals surface area (Å²) in [5.74, 6) is 0.337. The number of ether oxygens (including phenoxy) is 2. The van der Waals surface area contributed by atoms with E-state index in [0.717, 1.165) is 29.7 Å². The highest BCUT2D eigenvalue weighted by Crippen LogP contribution is 2.43. The molecule has 0 amide bonds. The number of hydrogen-bond acceptors (Lipinski definition) is 5. The van der Waals surface area contributed by atoms with Crippen molar-refractivity contribution in [3.05, 3.63) is 64.7 Å².